The van der Waals surface area contributed by atoms with E-state index in [1.54, 1.807) is 25.1 Å². The molecular formula is C21H20F4N2O2. The van der Waals surface area contributed by atoms with Crippen LogP contribution in [0.3, 0.4) is 0 Å². The van der Waals surface area contributed by atoms with Crippen molar-refractivity contribution in [2.24, 2.45) is 0 Å². The van der Waals surface area contributed by atoms with E-state index in [-0.39, 0.29) is 16.7 Å². The molecule has 4 rings (SSSR count). The normalized spacial score (nSPS) is 18.6. The first-order chi connectivity index (χ1) is 13.8. The van der Waals surface area contributed by atoms with E-state index in [2.05, 4.69) is 5.32 Å². The van der Waals surface area contributed by atoms with Gasteiger partial charge < -0.3 is 15.0 Å². The van der Waals surface area contributed by atoms with E-state index >= 15 is 0 Å². The molecule has 2 heterocycles. The third-order valence-electron chi connectivity index (χ3n) is 5.39. The average molecular weight is 408 g/mol. The molecule has 4 nitrogen and oxygen atoms in total. The number of carbonyl (C=O) groups is 1. The number of carbonyl (C=O) groups excluding carboxylic acids is 1. The summed E-state index contributed by atoms with van der Waals surface area (Å²) in [4.78, 5) is 14.2. The third kappa shape index (κ3) is 3.35. The van der Waals surface area contributed by atoms with Gasteiger partial charge in [-0.3, -0.25) is 4.79 Å². The van der Waals surface area contributed by atoms with Crippen LogP contribution >= 0.6 is 0 Å². The number of fused-ring (bicyclic) bond motifs is 3. The first kappa shape index (κ1) is 19.7. The van der Waals surface area contributed by atoms with Crippen molar-refractivity contribution in [2.45, 2.75) is 25.8 Å². The van der Waals surface area contributed by atoms with Crippen LogP contribution in [0.1, 0.15) is 40.0 Å². The number of benzene rings is 2. The molecule has 1 amide bonds. The SMILES string of the molecule is CCOc1ccc(-c2cc3c(c(C(F)(F)F)c2)C(=O)N2CCNC[C@@H]32)c(CF)c1. The third-order valence-corrected chi connectivity index (χ3v) is 5.39. The summed E-state index contributed by atoms with van der Waals surface area (Å²) in [6, 6.07) is 6.77. The highest BCUT2D eigenvalue weighted by molar-refractivity contribution is 6.02. The number of rotatable bonds is 4. The number of ether oxygens (including phenoxy) is 1. The lowest BCUT2D eigenvalue weighted by molar-refractivity contribution is -0.137. The van der Waals surface area contributed by atoms with Crippen LogP contribution in [-0.4, -0.2) is 37.0 Å². The lowest BCUT2D eigenvalue weighted by Gasteiger charge is -2.30. The van der Waals surface area contributed by atoms with Gasteiger partial charge in [0.15, 0.2) is 0 Å². The number of nitrogens with zero attached hydrogens (tertiary/aromatic N) is 1. The van der Waals surface area contributed by atoms with Crippen molar-refractivity contribution in [1.29, 1.82) is 0 Å². The number of hydrogen-bond acceptors (Lipinski definition) is 3. The second-order valence-corrected chi connectivity index (χ2v) is 7.09. The first-order valence-electron chi connectivity index (χ1n) is 9.44. The molecule has 29 heavy (non-hydrogen) atoms. The molecule has 0 aliphatic carbocycles. The van der Waals surface area contributed by atoms with Crippen LogP contribution in [-0.2, 0) is 12.9 Å². The Bertz CT molecular complexity index is 958. The Kier molecular flexibility index (Phi) is 4.98. The largest absolute Gasteiger partial charge is 0.494 e. The van der Waals surface area contributed by atoms with Crippen molar-refractivity contribution in [1.82, 2.24) is 10.2 Å². The highest BCUT2D eigenvalue weighted by Gasteiger charge is 2.45. The molecule has 0 saturated carbocycles. The molecule has 8 heteroatoms. The van der Waals surface area contributed by atoms with Crippen LogP contribution in [0.4, 0.5) is 17.6 Å². The Labute approximate surface area is 165 Å². The predicted molar refractivity (Wildman–Crippen MR) is 99.5 cm³/mol. The van der Waals surface area contributed by atoms with Crippen LogP contribution in [0, 0.1) is 0 Å². The molecule has 154 valence electrons. The lowest BCUT2D eigenvalue weighted by Crippen LogP contribution is -2.44. The van der Waals surface area contributed by atoms with Crippen LogP contribution in [0.2, 0.25) is 0 Å². The average Bonchev–Trinajstić information content (AvgIpc) is 2.99. The second-order valence-electron chi connectivity index (χ2n) is 7.09. The number of nitrogens with one attached hydrogen (secondary N) is 1. The fourth-order valence-corrected chi connectivity index (χ4v) is 4.13. The Balaban J connectivity index is 1.90. The van der Waals surface area contributed by atoms with Crippen LogP contribution < -0.4 is 10.1 Å². The van der Waals surface area contributed by atoms with E-state index in [1.165, 1.54) is 11.0 Å². The molecular weight excluding hydrogens is 388 g/mol. The molecule has 1 saturated heterocycles. The number of hydrogen-bond donors (Lipinski definition) is 1. The van der Waals surface area contributed by atoms with Gasteiger partial charge in [-0.15, -0.1) is 0 Å². The van der Waals surface area contributed by atoms with Gasteiger partial charge in [-0.1, -0.05) is 6.07 Å². The number of alkyl halides is 4. The van der Waals surface area contributed by atoms with E-state index in [0.717, 1.165) is 6.07 Å². The van der Waals surface area contributed by atoms with Crippen molar-refractivity contribution >= 4 is 5.91 Å². The second kappa shape index (κ2) is 7.33. The van der Waals surface area contributed by atoms with E-state index in [1.807, 2.05) is 0 Å². The van der Waals surface area contributed by atoms with Crippen molar-refractivity contribution in [3.8, 4) is 16.9 Å². The highest BCUT2D eigenvalue weighted by atomic mass is 19.4. The minimum absolute atomic E-state index is 0.243. The zero-order chi connectivity index (χ0) is 20.8. The molecule has 0 spiro atoms. The smallest absolute Gasteiger partial charge is 0.417 e. The summed E-state index contributed by atoms with van der Waals surface area (Å²) in [5.41, 5.74) is -0.0746. The van der Waals surface area contributed by atoms with E-state index < -0.39 is 30.4 Å². The maximum atomic E-state index is 13.9. The van der Waals surface area contributed by atoms with Crippen molar-refractivity contribution < 1.29 is 27.1 Å². The van der Waals surface area contributed by atoms with Crippen molar-refractivity contribution in [3.05, 3.63) is 52.6 Å². The van der Waals surface area contributed by atoms with Crippen molar-refractivity contribution in [3.63, 3.8) is 0 Å². The van der Waals surface area contributed by atoms with E-state index in [9.17, 15) is 22.4 Å². The molecule has 2 aliphatic heterocycles. The topological polar surface area (TPSA) is 41.6 Å². The Morgan fingerprint density at radius 3 is 2.72 bits per heavy atom. The van der Waals surface area contributed by atoms with Gasteiger partial charge in [-0.25, -0.2) is 4.39 Å². The van der Waals surface area contributed by atoms with Gasteiger partial charge in [0.05, 0.1) is 23.8 Å². The van der Waals surface area contributed by atoms with Gasteiger partial charge in [-0.2, -0.15) is 13.2 Å². The maximum Gasteiger partial charge on any atom is 0.417 e. The zero-order valence-corrected chi connectivity index (χ0v) is 15.8. The van der Waals surface area contributed by atoms with Crippen molar-refractivity contribution in [2.75, 3.05) is 26.2 Å². The summed E-state index contributed by atoms with van der Waals surface area (Å²) >= 11 is 0. The molecule has 0 aromatic heterocycles. The summed E-state index contributed by atoms with van der Waals surface area (Å²) in [5.74, 6) is -0.137. The van der Waals surface area contributed by atoms with Gasteiger partial charge in [0.25, 0.3) is 5.91 Å². The predicted octanol–water partition coefficient (Wildman–Crippen LogP) is 4.34. The molecule has 0 bridgehead atoms. The monoisotopic (exact) mass is 408 g/mol. The quantitative estimate of drug-likeness (QED) is 0.766. The first-order valence-corrected chi connectivity index (χ1v) is 9.44. The molecule has 1 fully saturated rings. The Hall–Kier alpha value is -2.61. The molecule has 1 atom stereocenters. The molecule has 2 aromatic rings. The van der Waals surface area contributed by atoms with Gasteiger partial charge in [0.2, 0.25) is 0 Å². The Morgan fingerprint density at radius 2 is 2.03 bits per heavy atom. The summed E-state index contributed by atoms with van der Waals surface area (Å²) in [6.45, 7) is 2.62. The number of halogens is 4. The summed E-state index contributed by atoms with van der Waals surface area (Å²) in [5, 5.41) is 3.13. The van der Waals surface area contributed by atoms with Gasteiger partial charge in [0, 0.05) is 19.6 Å². The van der Waals surface area contributed by atoms with Crippen LogP contribution in [0.15, 0.2) is 30.3 Å². The zero-order valence-electron chi connectivity index (χ0n) is 15.8. The minimum atomic E-state index is -4.70. The molecule has 2 aromatic carbocycles. The van der Waals surface area contributed by atoms with Crippen LogP contribution in [0.25, 0.3) is 11.1 Å². The summed E-state index contributed by atoms with van der Waals surface area (Å²) < 4.78 is 60.6. The lowest BCUT2D eigenvalue weighted by atomic mass is 9.91. The molecule has 0 unspecified atom stereocenters. The Morgan fingerprint density at radius 1 is 1.24 bits per heavy atom. The number of amides is 1. The van der Waals surface area contributed by atoms with E-state index in [0.29, 0.717) is 43.1 Å². The van der Waals surface area contributed by atoms with Gasteiger partial charge >= 0.3 is 6.18 Å². The molecule has 2 aliphatic rings. The van der Waals surface area contributed by atoms with E-state index in [4.69, 9.17) is 4.74 Å². The maximum absolute atomic E-state index is 13.9. The summed E-state index contributed by atoms with van der Waals surface area (Å²) in [7, 11) is 0. The van der Waals surface area contributed by atoms with Crippen LogP contribution in [0.5, 0.6) is 5.75 Å². The fourth-order valence-electron chi connectivity index (χ4n) is 4.13. The number of piperazine rings is 1. The molecule has 1 N–H and O–H groups in total. The highest BCUT2D eigenvalue weighted by Crippen LogP contribution is 2.45. The minimum Gasteiger partial charge on any atom is -0.494 e. The molecule has 0 radical (unpaired) electrons. The summed E-state index contributed by atoms with van der Waals surface area (Å²) in [6.07, 6.45) is -4.70. The fraction of sp³-hybridized carbons (Fsp3) is 0.381. The standard InChI is InChI=1S/C21H20F4N2O2/c1-2-29-14-3-4-15(13(7-14)10-22)12-8-16-18-11-26-5-6-27(18)20(28)19(16)17(9-12)21(23,24)25/h3-4,7-9,18,26H,2,5-6,10-11H2,1H3/t18-/m0/s1. The van der Waals surface area contributed by atoms with Gasteiger partial charge in [0.1, 0.15) is 12.4 Å². The van der Waals surface area contributed by atoms with Gasteiger partial charge in [-0.05, 0) is 53.4 Å².